The van der Waals surface area contributed by atoms with Crippen LogP contribution in [0.15, 0.2) is 72.9 Å². The number of ether oxygens (including phenoxy) is 3. The summed E-state index contributed by atoms with van der Waals surface area (Å²) in [5.74, 6) is -1.21. The molecular formula is C72H129NO10. The fourth-order valence-electron chi connectivity index (χ4n) is 10.7. The van der Waals surface area contributed by atoms with E-state index in [1.54, 1.807) is 6.08 Å². The zero-order valence-electron chi connectivity index (χ0n) is 53.6. The molecule has 1 aliphatic heterocycles. The number of aliphatic hydroxyl groups is 5. The highest BCUT2D eigenvalue weighted by molar-refractivity contribution is 5.80. The molecule has 0 aromatic rings. The van der Waals surface area contributed by atoms with Gasteiger partial charge in [-0.25, -0.2) is 0 Å². The van der Waals surface area contributed by atoms with E-state index in [-0.39, 0.29) is 19.4 Å². The zero-order chi connectivity index (χ0) is 60.3. The summed E-state index contributed by atoms with van der Waals surface area (Å²) in [6.45, 7) is 5.66. The highest BCUT2D eigenvalue weighted by atomic mass is 16.7. The van der Waals surface area contributed by atoms with Crippen molar-refractivity contribution in [1.29, 1.82) is 0 Å². The molecule has 6 N–H and O–H groups in total. The van der Waals surface area contributed by atoms with Gasteiger partial charge in [-0.2, -0.15) is 0 Å². The third kappa shape index (κ3) is 46.9. The molecule has 0 spiro atoms. The van der Waals surface area contributed by atoms with Crippen LogP contribution in [0.4, 0.5) is 0 Å². The minimum absolute atomic E-state index is 0.0961. The lowest BCUT2D eigenvalue weighted by molar-refractivity contribution is -0.305. The summed E-state index contributed by atoms with van der Waals surface area (Å²) in [6, 6.07) is -1.03. The Balaban J connectivity index is 2.58. The summed E-state index contributed by atoms with van der Waals surface area (Å²) in [6.07, 6.45) is 66.7. The number of hydrogen-bond donors (Lipinski definition) is 6. The number of carbonyl (C=O) groups is 2. The SMILES string of the molecule is CC/C=C/C=C/C=C/C=C\CCCCCCCC(=O)OC1C(OCC(NC(=O)C(O)CCCCCCCCCCCCCCCCCC/C=C/CCCCCCCC)C(O)/C=C/CCCCCCCCCCCCC)OC(CO)C(O)C1O. The number of allylic oxidation sites excluding steroid dienone is 11. The fourth-order valence-corrected chi connectivity index (χ4v) is 10.7. The molecule has 11 nitrogen and oxygen atoms in total. The van der Waals surface area contributed by atoms with Gasteiger partial charge in [0.05, 0.1) is 25.4 Å². The van der Waals surface area contributed by atoms with Crippen molar-refractivity contribution in [3.63, 3.8) is 0 Å². The number of hydrogen-bond acceptors (Lipinski definition) is 10. The number of unbranched alkanes of at least 4 members (excludes halogenated alkanes) is 38. The molecule has 0 saturated carbocycles. The van der Waals surface area contributed by atoms with E-state index in [1.807, 2.05) is 36.5 Å². The lowest BCUT2D eigenvalue weighted by Crippen LogP contribution is -2.61. The second-order valence-electron chi connectivity index (χ2n) is 24.0. The van der Waals surface area contributed by atoms with Crippen molar-refractivity contribution >= 4 is 11.9 Å². The van der Waals surface area contributed by atoms with Crippen LogP contribution in [0.25, 0.3) is 0 Å². The van der Waals surface area contributed by atoms with E-state index in [9.17, 15) is 35.1 Å². The number of nitrogens with one attached hydrogen (secondary N) is 1. The maximum Gasteiger partial charge on any atom is 0.306 e. The second kappa shape index (κ2) is 59.4. The van der Waals surface area contributed by atoms with E-state index in [2.05, 4.69) is 56.5 Å². The Labute approximate surface area is 509 Å². The average Bonchev–Trinajstić information content (AvgIpc) is 3.54. The summed E-state index contributed by atoms with van der Waals surface area (Å²) < 4.78 is 17.6. The quantitative estimate of drug-likeness (QED) is 0.0149. The summed E-state index contributed by atoms with van der Waals surface area (Å²) in [4.78, 5) is 26.6. The second-order valence-corrected chi connectivity index (χ2v) is 24.0. The first-order valence-corrected chi connectivity index (χ1v) is 34.8. The summed E-state index contributed by atoms with van der Waals surface area (Å²) >= 11 is 0. The van der Waals surface area contributed by atoms with Gasteiger partial charge in [-0.3, -0.25) is 9.59 Å². The number of aliphatic hydroxyl groups excluding tert-OH is 5. The van der Waals surface area contributed by atoms with Gasteiger partial charge >= 0.3 is 5.97 Å². The van der Waals surface area contributed by atoms with Crippen LogP contribution in [0.2, 0.25) is 0 Å². The molecule has 83 heavy (non-hydrogen) atoms. The molecule has 0 aromatic carbocycles. The van der Waals surface area contributed by atoms with Crippen LogP contribution in [0, 0.1) is 0 Å². The third-order valence-corrected chi connectivity index (χ3v) is 16.2. The molecular weight excluding hydrogens is 1040 g/mol. The minimum atomic E-state index is -1.63. The highest BCUT2D eigenvalue weighted by Crippen LogP contribution is 2.26. The van der Waals surface area contributed by atoms with Gasteiger partial charge < -0.3 is 45.1 Å². The molecule has 1 fully saturated rings. The molecule has 8 atom stereocenters. The molecule has 1 saturated heterocycles. The first kappa shape index (κ1) is 78.1. The molecule has 1 rings (SSSR count). The monoisotopic (exact) mass is 1170 g/mol. The van der Waals surface area contributed by atoms with Crippen LogP contribution < -0.4 is 5.32 Å². The van der Waals surface area contributed by atoms with Crippen LogP contribution in [-0.2, 0) is 23.8 Å². The van der Waals surface area contributed by atoms with Crippen molar-refractivity contribution in [3.05, 3.63) is 72.9 Å². The van der Waals surface area contributed by atoms with Gasteiger partial charge in [-0.1, -0.05) is 306 Å². The standard InChI is InChI=1S/C72H129NO10/c1-4-7-10-13-16-19-22-25-27-28-29-30-31-32-33-34-35-36-37-39-41-44-47-50-53-56-59-65(76)71(80)73-63(64(75)58-55-52-49-46-43-40-24-21-18-15-12-9-6-3)62-81-72-70(69(79)68(78)66(61-74)82-72)83-67(77)60-57-54-51-48-45-42-38-26-23-20-17-14-11-8-5-2/h8,11,14,17,20,23,25-27,38,55,58,63-66,68-70,72,74-76,78-79H,4-7,9-10,12-13,15-16,18-19,21-22,24,28-37,39-54,56-57,59-62H2,1-3H3,(H,73,80)/b11-8+,17-14+,23-20+,27-25+,38-26-,58-55+. The van der Waals surface area contributed by atoms with Crippen molar-refractivity contribution in [2.24, 2.45) is 0 Å². The van der Waals surface area contributed by atoms with E-state index in [4.69, 9.17) is 14.2 Å². The first-order valence-electron chi connectivity index (χ1n) is 34.8. The largest absolute Gasteiger partial charge is 0.454 e. The Morgan fingerprint density at radius 3 is 1.34 bits per heavy atom. The van der Waals surface area contributed by atoms with Crippen LogP contribution in [0.5, 0.6) is 0 Å². The Bertz CT molecular complexity index is 1630. The van der Waals surface area contributed by atoms with Crippen molar-refractivity contribution < 1.29 is 49.3 Å². The molecule has 482 valence electrons. The third-order valence-electron chi connectivity index (χ3n) is 16.2. The van der Waals surface area contributed by atoms with E-state index in [1.165, 1.54) is 186 Å². The minimum Gasteiger partial charge on any atom is -0.454 e. The maximum atomic E-state index is 13.5. The zero-order valence-corrected chi connectivity index (χ0v) is 53.6. The topological polar surface area (TPSA) is 175 Å². The Morgan fingerprint density at radius 2 is 0.880 bits per heavy atom. The van der Waals surface area contributed by atoms with Crippen molar-refractivity contribution in [3.8, 4) is 0 Å². The van der Waals surface area contributed by atoms with Gasteiger partial charge in [0, 0.05) is 6.42 Å². The number of esters is 1. The predicted molar refractivity (Wildman–Crippen MR) is 347 cm³/mol. The van der Waals surface area contributed by atoms with Crippen molar-refractivity contribution in [1.82, 2.24) is 5.32 Å². The smallest absolute Gasteiger partial charge is 0.306 e. The van der Waals surface area contributed by atoms with Crippen LogP contribution in [0.3, 0.4) is 0 Å². The molecule has 0 bridgehead atoms. The molecule has 8 unspecified atom stereocenters. The molecule has 0 radical (unpaired) electrons. The van der Waals surface area contributed by atoms with Gasteiger partial charge in [0.15, 0.2) is 12.4 Å². The Morgan fingerprint density at radius 1 is 0.482 bits per heavy atom. The lowest BCUT2D eigenvalue weighted by Gasteiger charge is -2.41. The summed E-state index contributed by atoms with van der Waals surface area (Å²) in [5, 5.41) is 57.2. The number of amides is 1. The van der Waals surface area contributed by atoms with Gasteiger partial charge in [-0.15, -0.1) is 0 Å². The van der Waals surface area contributed by atoms with Crippen LogP contribution >= 0.6 is 0 Å². The van der Waals surface area contributed by atoms with Gasteiger partial charge in [-0.05, 0) is 70.6 Å². The highest BCUT2D eigenvalue weighted by Gasteiger charge is 2.47. The maximum absolute atomic E-state index is 13.5. The normalized spacial score (nSPS) is 19.0. The van der Waals surface area contributed by atoms with Crippen molar-refractivity contribution in [2.45, 2.75) is 359 Å². The number of carbonyl (C=O) groups excluding carboxylic acids is 2. The summed E-state index contributed by atoms with van der Waals surface area (Å²) in [7, 11) is 0. The van der Waals surface area contributed by atoms with Crippen molar-refractivity contribution in [2.75, 3.05) is 13.2 Å². The lowest BCUT2D eigenvalue weighted by atomic mass is 9.99. The molecule has 0 aromatic heterocycles. The first-order chi connectivity index (χ1) is 40.7. The summed E-state index contributed by atoms with van der Waals surface area (Å²) in [5.41, 5.74) is 0. The van der Waals surface area contributed by atoms with E-state index < -0.39 is 67.4 Å². The van der Waals surface area contributed by atoms with E-state index in [0.29, 0.717) is 12.8 Å². The molecule has 0 aliphatic carbocycles. The van der Waals surface area contributed by atoms with Crippen LogP contribution in [0.1, 0.15) is 310 Å². The van der Waals surface area contributed by atoms with Gasteiger partial charge in [0.25, 0.3) is 0 Å². The molecule has 11 heteroatoms. The van der Waals surface area contributed by atoms with Gasteiger partial charge in [0.1, 0.15) is 24.4 Å². The molecule has 1 heterocycles. The molecule has 1 aliphatic rings. The fraction of sp³-hybridized carbons (Fsp3) is 0.806. The van der Waals surface area contributed by atoms with Gasteiger partial charge in [0.2, 0.25) is 5.91 Å². The number of rotatable bonds is 59. The Kier molecular flexibility index (Phi) is 55.9. The van der Waals surface area contributed by atoms with E-state index >= 15 is 0 Å². The predicted octanol–water partition coefficient (Wildman–Crippen LogP) is 17.5. The van der Waals surface area contributed by atoms with E-state index in [0.717, 1.165) is 77.0 Å². The molecule has 1 amide bonds. The Hall–Kier alpha value is -2.90. The average molecular weight is 1170 g/mol. The van der Waals surface area contributed by atoms with Crippen LogP contribution in [-0.4, -0.2) is 99.6 Å².